The second-order valence-electron chi connectivity index (χ2n) is 9.18. The number of sulfone groups is 1. The molecule has 2 saturated carbocycles. The van der Waals surface area contributed by atoms with Crippen molar-refractivity contribution in [3.05, 3.63) is 47.0 Å². The number of ether oxygens (including phenoxy) is 1. The standard InChI is InChI=1S/C24H28N2O4S.CH4/c1-26-14-20(18-10-11-25-23(18)24(26)27)19-13-17(31(2,28)29)7-9-22(19)30-21-8-6-15-4-3-5-16(21)12-15;/h7,9-11,13-16,21,25H,3-6,8,12H2,1-2H3;1H4. The van der Waals surface area contributed by atoms with Crippen LogP contribution in [0.2, 0.25) is 0 Å². The SMILES string of the molecule is C.Cn1cc(-c2cc(S(C)(=O)=O)ccc2OC2CCC3CCCC2C3)c2cc[nH]c2c1=O. The van der Waals surface area contributed by atoms with Crippen molar-refractivity contribution >= 4 is 20.7 Å². The molecule has 2 aliphatic carbocycles. The predicted octanol–water partition coefficient (Wildman–Crippen LogP) is 4.92. The largest absolute Gasteiger partial charge is 0.489 e. The number of rotatable bonds is 4. The zero-order valence-electron chi connectivity index (χ0n) is 17.9. The van der Waals surface area contributed by atoms with Crippen LogP contribution in [0, 0.1) is 11.8 Å². The summed E-state index contributed by atoms with van der Waals surface area (Å²) in [5.41, 5.74) is 1.88. The van der Waals surface area contributed by atoms with E-state index in [0.717, 1.165) is 23.3 Å². The van der Waals surface area contributed by atoms with Gasteiger partial charge in [-0.25, -0.2) is 8.42 Å². The smallest absolute Gasteiger partial charge is 0.274 e. The Morgan fingerprint density at radius 1 is 1.09 bits per heavy atom. The number of nitrogens with zero attached hydrogens (tertiary/aromatic N) is 1. The van der Waals surface area contributed by atoms with Crippen LogP contribution >= 0.6 is 0 Å². The summed E-state index contributed by atoms with van der Waals surface area (Å²) in [4.78, 5) is 15.8. The Morgan fingerprint density at radius 2 is 1.91 bits per heavy atom. The molecule has 0 radical (unpaired) electrons. The van der Waals surface area contributed by atoms with E-state index in [1.807, 2.05) is 6.07 Å². The fourth-order valence-electron chi connectivity index (χ4n) is 5.42. The first-order chi connectivity index (χ1) is 14.8. The van der Waals surface area contributed by atoms with E-state index in [1.54, 1.807) is 37.6 Å². The highest BCUT2D eigenvalue weighted by Crippen LogP contribution is 2.43. The van der Waals surface area contributed by atoms with Crippen LogP contribution < -0.4 is 10.3 Å². The summed E-state index contributed by atoms with van der Waals surface area (Å²) in [7, 11) is -1.68. The van der Waals surface area contributed by atoms with E-state index in [0.29, 0.717) is 22.7 Å². The summed E-state index contributed by atoms with van der Waals surface area (Å²) < 4.78 is 32.7. The van der Waals surface area contributed by atoms with E-state index in [9.17, 15) is 13.2 Å². The van der Waals surface area contributed by atoms with Crippen molar-refractivity contribution in [1.82, 2.24) is 9.55 Å². The van der Waals surface area contributed by atoms with E-state index in [4.69, 9.17) is 4.74 Å². The molecule has 32 heavy (non-hydrogen) atoms. The van der Waals surface area contributed by atoms with Crippen molar-refractivity contribution in [1.29, 1.82) is 0 Å². The molecule has 3 atom stereocenters. The molecule has 5 rings (SSSR count). The minimum Gasteiger partial charge on any atom is -0.489 e. The third kappa shape index (κ3) is 3.98. The number of nitrogens with one attached hydrogen (secondary N) is 1. The molecule has 2 heterocycles. The lowest BCUT2D eigenvalue weighted by molar-refractivity contribution is 0.0406. The monoisotopic (exact) mass is 456 g/mol. The van der Waals surface area contributed by atoms with Crippen molar-refractivity contribution < 1.29 is 13.2 Å². The van der Waals surface area contributed by atoms with Gasteiger partial charge in [-0.15, -0.1) is 0 Å². The van der Waals surface area contributed by atoms with Crippen molar-refractivity contribution in [2.75, 3.05) is 6.26 Å². The number of aryl methyl sites for hydroxylation is 1. The second-order valence-corrected chi connectivity index (χ2v) is 11.2. The fourth-order valence-corrected chi connectivity index (χ4v) is 6.07. The lowest BCUT2D eigenvalue weighted by atomic mass is 9.71. The number of pyridine rings is 1. The highest BCUT2D eigenvalue weighted by atomic mass is 32.2. The van der Waals surface area contributed by atoms with Crippen molar-refractivity contribution in [3.63, 3.8) is 0 Å². The van der Waals surface area contributed by atoms with Crippen LogP contribution in [0.5, 0.6) is 5.75 Å². The molecule has 0 saturated heterocycles. The maximum Gasteiger partial charge on any atom is 0.274 e. The van der Waals surface area contributed by atoms with Crippen LogP contribution in [-0.2, 0) is 16.9 Å². The average molecular weight is 457 g/mol. The van der Waals surface area contributed by atoms with Gasteiger partial charge in [-0.3, -0.25) is 4.79 Å². The molecule has 1 N–H and O–H groups in total. The van der Waals surface area contributed by atoms with Crippen LogP contribution in [0.25, 0.3) is 22.0 Å². The van der Waals surface area contributed by atoms with E-state index in [2.05, 4.69) is 4.98 Å². The number of hydrogen-bond donors (Lipinski definition) is 1. The number of benzene rings is 1. The Balaban J connectivity index is 0.00000245. The van der Waals surface area contributed by atoms with Gasteiger partial charge in [0.05, 0.1) is 4.90 Å². The molecular weight excluding hydrogens is 424 g/mol. The molecule has 2 fully saturated rings. The third-order valence-electron chi connectivity index (χ3n) is 7.05. The number of aromatic nitrogens is 2. The first kappa shape index (κ1) is 22.6. The first-order valence-corrected chi connectivity index (χ1v) is 12.9. The Kier molecular flexibility index (Phi) is 5.96. The molecule has 3 unspecified atom stereocenters. The van der Waals surface area contributed by atoms with Gasteiger partial charge >= 0.3 is 0 Å². The molecule has 1 aromatic carbocycles. The van der Waals surface area contributed by atoms with Gasteiger partial charge in [0, 0.05) is 42.2 Å². The molecule has 6 nitrogen and oxygen atoms in total. The highest BCUT2D eigenvalue weighted by Gasteiger charge is 2.35. The molecule has 2 aromatic heterocycles. The van der Waals surface area contributed by atoms with Gasteiger partial charge in [0.15, 0.2) is 9.84 Å². The lowest BCUT2D eigenvalue weighted by Crippen LogP contribution is -2.36. The quantitative estimate of drug-likeness (QED) is 0.604. The van der Waals surface area contributed by atoms with Gasteiger partial charge in [-0.2, -0.15) is 0 Å². The van der Waals surface area contributed by atoms with Crippen molar-refractivity contribution in [3.8, 4) is 16.9 Å². The molecule has 3 aromatic rings. The van der Waals surface area contributed by atoms with Crippen LogP contribution in [-0.4, -0.2) is 30.3 Å². The molecular formula is C25H32N2O4S. The molecule has 0 aliphatic heterocycles. The molecule has 0 spiro atoms. The molecule has 172 valence electrons. The predicted molar refractivity (Wildman–Crippen MR) is 128 cm³/mol. The van der Waals surface area contributed by atoms with Crippen molar-refractivity contribution in [2.24, 2.45) is 18.9 Å². The Hall–Kier alpha value is -2.54. The average Bonchev–Trinajstić information content (AvgIpc) is 3.23. The number of fused-ring (bicyclic) bond motifs is 3. The summed E-state index contributed by atoms with van der Waals surface area (Å²) in [6, 6.07) is 6.94. The Morgan fingerprint density at radius 3 is 2.69 bits per heavy atom. The molecule has 2 aliphatic rings. The summed E-state index contributed by atoms with van der Waals surface area (Å²) in [6.45, 7) is 0. The normalized spacial score (nSPS) is 23.0. The summed E-state index contributed by atoms with van der Waals surface area (Å²) in [6.07, 6.45) is 12.1. The van der Waals surface area contributed by atoms with Gasteiger partial charge in [0.25, 0.3) is 5.56 Å². The van der Waals surface area contributed by atoms with Crippen LogP contribution in [0.15, 0.2) is 46.3 Å². The summed E-state index contributed by atoms with van der Waals surface area (Å²) in [5, 5.41) is 0.764. The van der Waals surface area contributed by atoms with Gasteiger partial charge in [0.2, 0.25) is 0 Å². The summed E-state index contributed by atoms with van der Waals surface area (Å²) in [5.74, 6) is 2.07. The highest BCUT2D eigenvalue weighted by molar-refractivity contribution is 7.90. The lowest BCUT2D eigenvalue weighted by Gasteiger charge is -2.40. The van der Waals surface area contributed by atoms with Crippen LogP contribution in [0.4, 0.5) is 0 Å². The Labute approximate surface area is 189 Å². The van der Waals surface area contributed by atoms with Gasteiger partial charge in [-0.05, 0) is 61.8 Å². The van der Waals surface area contributed by atoms with Crippen LogP contribution in [0.1, 0.15) is 46.0 Å². The number of H-pyrrole nitrogens is 1. The minimum absolute atomic E-state index is 0. The molecule has 2 bridgehead atoms. The minimum atomic E-state index is -3.39. The Bertz CT molecular complexity index is 1310. The van der Waals surface area contributed by atoms with E-state index in [1.165, 1.54) is 42.9 Å². The van der Waals surface area contributed by atoms with E-state index < -0.39 is 9.84 Å². The third-order valence-corrected chi connectivity index (χ3v) is 8.16. The number of hydrogen-bond acceptors (Lipinski definition) is 4. The van der Waals surface area contributed by atoms with Gasteiger partial charge in [-0.1, -0.05) is 20.3 Å². The molecule has 7 heteroatoms. The molecule has 0 amide bonds. The maximum atomic E-state index is 12.5. The zero-order valence-corrected chi connectivity index (χ0v) is 18.7. The number of aromatic amines is 1. The first-order valence-electron chi connectivity index (χ1n) is 11.0. The van der Waals surface area contributed by atoms with Gasteiger partial charge in [0.1, 0.15) is 17.4 Å². The zero-order chi connectivity index (χ0) is 21.8. The summed E-state index contributed by atoms with van der Waals surface area (Å²) >= 11 is 0. The van der Waals surface area contributed by atoms with Gasteiger partial charge < -0.3 is 14.3 Å². The fraction of sp³-hybridized carbons (Fsp3) is 0.480. The second kappa shape index (κ2) is 8.43. The topological polar surface area (TPSA) is 81.2 Å². The van der Waals surface area contributed by atoms with E-state index >= 15 is 0 Å². The van der Waals surface area contributed by atoms with Crippen molar-refractivity contribution in [2.45, 2.75) is 57.0 Å². The van der Waals surface area contributed by atoms with Crippen LogP contribution in [0.3, 0.4) is 0 Å². The maximum absolute atomic E-state index is 12.5. The van der Waals surface area contributed by atoms with E-state index in [-0.39, 0.29) is 24.0 Å².